The van der Waals surface area contributed by atoms with E-state index >= 15 is 0 Å². The van der Waals surface area contributed by atoms with Gasteiger partial charge in [0.25, 0.3) is 5.91 Å². The summed E-state index contributed by atoms with van der Waals surface area (Å²) in [6, 6.07) is 11.5. The summed E-state index contributed by atoms with van der Waals surface area (Å²) >= 11 is 0. The quantitative estimate of drug-likeness (QED) is 0.585. The van der Waals surface area contributed by atoms with Gasteiger partial charge < -0.3 is 10.3 Å². The van der Waals surface area contributed by atoms with Gasteiger partial charge in [-0.1, -0.05) is 12.1 Å². The van der Waals surface area contributed by atoms with Crippen LogP contribution in [0.5, 0.6) is 0 Å². The van der Waals surface area contributed by atoms with E-state index in [4.69, 9.17) is 0 Å². The number of hydrogen-bond donors (Lipinski definition) is 2. The highest BCUT2D eigenvalue weighted by Gasteiger charge is 2.12. The van der Waals surface area contributed by atoms with E-state index in [0.717, 1.165) is 39.1 Å². The number of benzene rings is 1. The molecule has 0 radical (unpaired) electrons. The summed E-state index contributed by atoms with van der Waals surface area (Å²) in [6.45, 7) is 4.43. The minimum Gasteiger partial charge on any atom is -0.361 e. The predicted octanol–water partition coefficient (Wildman–Crippen LogP) is 3.51. The van der Waals surface area contributed by atoms with E-state index in [9.17, 15) is 4.79 Å². The first kappa shape index (κ1) is 17.0. The van der Waals surface area contributed by atoms with Gasteiger partial charge in [-0.15, -0.1) is 0 Å². The molecule has 1 aromatic carbocycles. The van der Waals surface area contributed by atoms with E-state index in [1.807, 2.05) is 68.2 Å². The van der Waals surface area contributed by atoms with Crippen LogP contribution in [0.15, 0.2) is 48.8 Å². The molecule has 3 aromatic heterocycles. The van der Waals surface area contributed by atoms with E-state index < -0.39 is 0 Å². The second kappa shape index (κ2) is 6.72. The standard InChI is InChI=1S/C21H21N5O/c1-13-18(14(2)26(3)25-13)12-24-21(27)16-6-4-15(5-7-16)20-17-8-10-22-19(17)9-11-23-20/h4-11,22H,12H2,1-3H3,(H,24,27). The van der Waals surface area contributed by atoms with Crippen LogP contribution in [0, 0.1) is 13.8 Å². The number of fused-ring (bicyclic) bond motifs is 1. The largest absolute Gasteiger partial charge is 0.361 e. The van der Waals surface area contributed by atoms with Crippen molar-refractivity contribution in [2.75, 3.05) is 0 Å². The van der Waals surface area contributed by atoms with Crippen molar-refractivity contribution in [1.29, 1.82) is 0 Å². The number of amides is 1. The zero-order valence-corrected chi connectivity index (χ0v) is 15.6. The second-order valence-electron chi connectivity index (χ2n) is 6.63. The number of pyridine rings is 1. The van der Waals surface area contributed by atoms with E-state index in [1.54, 1.807) is 6.20 Å². The molecule has 3 heterocycles. The van der Waals surface area contributed by atoms with Crippen LogP contribution in [-0.2, 0) is 13.6 Å². The number of nitrogens with zero attached hydrogens (tertiary/aromatic N) is 3. The van der Waals surface area contributed by atoms with Gasteiger partial charge in [0.05, 0.1) is 11.4 Å². The molecule has 4 rings (SSSR count). The predicted molar refractivity (Wildman–Crippen MR) is 105 cm³/mol. The number of carbonyl (C=O) groups excluding carboxylic acids is 1. The molecular weight excluding hydrogens is 338 g/mol. The monoisotopic (exact) mass is 359 g/mol. The summed E-state index contributed by atoms with van der Waals surface area (Å²) < 4.78 is 1.83. The fraction of sp³-hybridized carbons (Fsp3) is 0.190. The van der Waals surface area contributed by atoms with Crippen LogP contribution in [0.25, 0.3) is 22.2 Å². The molecule has 0 bridgehead atoms. The lowest BCUT2D eigenvalue weighted by molar-refractivity contribution is 0.0951. The molecule has 2 N–H and O–H groups in total. The Kier molecular flexibility index (Phi) is 4.24. The third-order valence-corrected chi connectivity index (χ3v) is 4.98. The van der Waals surface area contributed by atoms with E-state index in [1.165, 1.54) is 0 Å². The Morgan fingerprint density at radius 3 is 2.63 bits per heavy atom. The molecule has 0 aliphatic carbocycles. The van der Waals surface area contributed by atoms with Crippen molar-refractivity contribution in [3.05, 3.63) is 71.3 Å². The summed E-state index contributed by atoms with van der Waals surface area (Å²) in [5.41, 5.74) is 6.62. The molecule has 6 heteroatoms. The highest BCUT2D eigenvalue weighted by atomic mass is 16.1. The van der Waals surface area contributed by atoms with Gasteiger partial charge in [-0.25, -0.2) is 0 Å². The van der Waals surface area contributed by atoms with E-state index in [-0.39, 0.29) is 5.91 Å². The molecule has 4 aromatic rings. The number of hydrogen-bond acceptors (Lipinski definition) is 3. The van der Waals surface area contributed by atoms with Crippen molar-refractivity contribution in [2.24, 2.45) is 7.05 Å². The van der Waals surface area contributed by atoms with Gasteiger partial charge in [-0.2, -0.15) is 5.10 Å². The van der Waals surface area contributed by atoms with Crippen molar-refractivity contribution in [3.63, 3.8) is 0 Å². The van der Waals surface area contributed by atoms with E-state index in [2.05, 4.69) is 20.4 Å². The average Bonchev–Trinajstić information content (AvgIpc) is 3.25. The van der Waals surface area contributed by atoms with Crippen LogP contribution in [0.2, 0.25) is 0 Å². The maximum atomic E-state index is 12.5. The van der Waals surface area contributed by atoms with Crippen LogP contribution in [0.3, 0.4) is 0 Å². The SMILES string of the molecule is Cc1nn(C)c(C)c1CNC(=O)c1ccc(-c2nccc3[nH]ccc23)cc1. The molecule has 0 fully saturated rings. The molecule has 0 spiro atoms. The lowest BCUT2D eigenvalue weighted by atomic mass is 10.1. The first-order valence-corrected chi connectivity index (χ1v) is 8.84. The van der Waals surface area contributed by atoms with Gasteiger partial charge in [-0.05, 0) is 38.1 Å². The summed E-state index contributed by atoms with van der Waals surface area (Å²) in [7, 11) is 1.91. The molecule has 0 atom stereocenters. The van der Waals surface area contributed by atoms with Gasteiger partial charge in [0, 0.05) is 59.3 Å². The van der Waals surface area contributed by atoms with Crippen molar-refractivity contribution in [2.45, 2.75) is 20.4 Å². The van der Waals surface area contributed by atoms with Gasteiger partial charge in [0.2, 0.25) is 0 Å². The highest BCUT2D eigenvalue weighted by Crippen LogP contribution is 2.26. The van der Waals surface area contributed by atoms with Crippen LogP contribution in [-0.4, -0.2) is 25.7 Å². The van der Waals surface area contributed by atoms with Gasteiger partial charge in [-0.3, -0.25) is 14.5 Å². The van der Waals surface area contributed by atoms with Gasteiger partial charge in [0.15, 0.2) is 0 Å². The van der Waals surface area contributed by atoms with Crippen LogP contribution in [0.4, 0.5) is 0 Å². The lowest BCUT2D eigenvalue weighted by Gasteiger charge is -2.07. The minimum absolute atomic E-state index is 0.1000. The molecule has 6 nitrogen and oxygen atoms in total. The van der Waals surface area contributed by atoms with Crippen LogP contribution < -0.4 is 5.32 Å². The zero-order valence-electron chi connectivity index (χ0n) is 15.6. The van der Waals surface area contributed by atoms with Crippen molar-refractivity contribution in [3.8, 4) is 11.3 Å². The Labute approximate surface area is 157 Å². The molecule has 136 valence electrons. The number of H-pyrrole nitrogens is 1. The van der Waals surface area contributed by atoms with Crippen molar-refractivity contribution >= 4 is 16.8 Å². The van der Waals surface area contributed by atoms with Crippen molar-refractivity contribution in [1.82, 2.24) is 25.1 Å². The summed E-state index contributed by atoms with van der Waals surface area (Å²) in [4.78, 5) is 20.2. The lowest BCUT2D eigenvalue weighted by Crippen LogP contribution is -2.23. The number of aromatic amines is 1. The number of aryl methyl sites for hydroxylation is 2. The van der Waals surface area contributed by atoms with Gasteiger partial charge >= 0.3 is 0 Å². The third kappa shape index (κ3) is 3.10. The van der Waals surface area contributed by atoms with Crippen molar-refractivity contribution < 1.29 is 4.79 Å². The summed E-state index contributed by atoms with van der Waals surface area (Å²) in [6.07, 6.45) is 3.69. The Morgan fingerprint density at radius 2 is 1.93 bits per heavy atom. The fourth-order valence-electron chi connectivity index (χ4n) is 3.34. The summed E-state index contributed by atoms with van der Waals surface area (Å²) in [5, 5.41) is 8.43. The number of rotatable bonds is 4. The van der Waals surface area contributed by atoms with E-state index in [0.29, 0.717) is 12.1 Å². The Morgan fingerprint density at radius 1 is 1.15 bits per heavy atom. The first-order chi connectivity index (χ1) is 13.0. The molecule has 0 saturated carbocycles. The molecule has 1 amide bonds. The number of aromatic nitrogens is 4. The van der Waals surface area contributed by atoms with Crippen LogP contribution in [0.1, 0.15) is 27.3 Å². The highest BCUT2D eigenvalue weighted by molar-refractivity contribution is 5.96. The smallest absolute Gasteiger partial charge is 0.251 e. The Bertz CT molecular complexity index is 1120. The minimum atomic E-state index is -0.1000. The second-order valence-corrected chi connectivity index (χ2v) is 6.63. The van der Waals surface area contributed by atoms with Gasteiger partial charge in [0.1, 0.15) is 0 Å². The number of nitrogens with one attached hydrogen (secondary N) is 2. The maximum absolute atomic E-state index is 12.5. The molecule has 0 aliphatic rings. The molecule has 0 aliphatic heterocycles. The normalized spacial score (nSPS) is 11.1. The molecule has 0 unspecified atom stereocenters. The Balaban J connectivity index is 1.52. The average molecular weight is 359 g/mol. The summed E-state index contributed by atoms with van der Waals surface area (Å²) in [5.74, 6) is -0.1000. The zero-order chi connectivity index (χ0) is 19.0. The molecular formula is C21H21N5O. The first-order valence-electron chi connectivity index (χ1n) is 8.84. The third-order valence-electron chi connectivity index (χ3n) is 4.98. The maximum Gasteiger partial charge on any atom is 0.251 e. The number of carbonyl (C=O) groups is 1. The van der Waals surface area contributed by atoms with Crippen LogP contribution >= 0.6 is 0 Å². The fourth-order valence-corrected chi connectivity index (χ4v) is 3.34. The Hall–Kier alpha value is -3.41. The molecule has 0 saturated heterocycles. The topological polar surface area (TPSA) is 75.6 Å². The molecule has 27 heavy (non-hydrogen) atoms.